The first-order valence-electron chi connectivity index (χ1n) is 18.6. The van der Waals surface area contributed by atoms with Gasteiger partial charge in [0.25, 0.3) is 11.8 Å². The number of anilines is 1. The molecule has 0 unspecified atom stereocenters. The highest BCUT2D eigenvalue weighted by Gasteiger charge is 2.47. The molecular formula is C38H50Cl2N10O6. The van der Waals surface area contributed by atoms with E-state index >= 15 is 0 Å². The molecule has 16 nitrogen and oxygen atoms in total. The zero-order valence-corrected chi connectivity index (χ0v) is 33.5. The number of likely N-dealkylation sites (N-methyl/N-ethyl adjacent to an activating group) is 1. The number of benzene rings is 2. The molecule has 4 amide bonds. The smallest absolute Gasteiger partial charge is 0.314 e. The van der Waals surface area contributed by atoms with Crippen LogP contribution in [-0.4, -0.2) is 122 Å². The van der Waals surface area contributed by atoms with Gasteiger partial charge in [-0.05, 0) is 70.0 Å². The van der Waals surface area contributed by atoms with E-state index in [1.807, 2.05) is 36.4 Å². The first kappa shape index (κ1) is 42.6. The number of carbonyl (C=O) groups excluding carboxylic acids is 3. The third kappa shape index (κ3) is 10.4. The van der Waals surface area contributed by atoms with Crippen LogP contribution in [0.1, 0.15) is 68.5 Å². The highest BCUT2D eigenvalue weighted by atomic mass is 35.5. The third-order valence-corrected chi connectivity index (χ3v) is 9.87. The average Bonchev–Trinajstić information content (AvgIpc) is 3.71. The van der Waals surface area contributed by atoms with Crippen LogP contribution in [0.4, 0.5) is 10.6 Å². The van der Waals surface area contributed by atoms with Gasteiger partial charge in [0.1, 0.15) is 12.2 Å². The molecule has 5 rings (SSSR count). The van der Waals surface area contributed by atoms with Crippen molar-refractivity contribution in [3.8, 4) is 0 Å². The number of amides is 4. The first-order valence-corrected chi connectivity index (χ1v) is 19.4. The lowest BCUT2D eigenvalue weighted by molar-refractivity contribution is -0.137. The molecular weight excluding hydrogens is 763 g/mol. The molecule has 2 aromatic heterocycles. The van der Waals surface area contributed by atoms with E-state index < -0.39 is 36.4 Å². The molecule has 1 fully saturated rings. The largest absolute Gasteiger partial charge is 0.387 e. The SMILES string of the molecule is CCNC(=O)[C@H]1O[C@@H](n2cnc3c(NCC(c4cccc(Cl)c4)c4cccc(Cl)c4)nc(C(=O)NCCNC(=O)NCCN(C(C)C)C(C)C)nc32)[C@H](O)[C@@H]1O. The fraction of sp³-hybridized carbons (Fsp3) is 0.474. The van der Waals surface area contributed by atoms with Gasteiger partial charge in [-0.2, -0.15) is 0 Å². The molecule has 18 heteroatoms. The lowest BCUT2D eigenvalue weighted by Gasteiger charge is -2.30. The van der Waals surface area contributed by atoms with Crippen LogP contribution in [-0.2, 0) is 9.53 Å². The topological polar surface area (TPSA) is 208 Å². The Morgan fingerprint density at radius 2 is 1.50 bits per heavy atom. The second-order valence-corrected chi connectivity index (χ2v) is 14.8. The van der Waals surface area contributed by atoms with Gasteiger partial charge in [-0.25, -0.2) is 19.7 Å². The summed E-state index contributed by atoms with van der Waals surface area (Å²) in [5.74, 6) is -1.57. The molecule has 3 heterocycles. The Morgan fingerprint density at radius 1 is 0.875 bits per heavy atom. The van der Waals surface area contributed by atoms with Gasteiger partial charge in [0.15, 0.2) is 29.3 Å². The number of aromatic nitrogens is 4. The summed E-state index contributed by atoms with van der Waals surface area (Å²) in [5.41, 5.74) is 2.11. The maximum absolute atomic E-state index is 13.6. The third-order valence-electron chi connectivity index (χ3n) is 9.40. The fourth-order valence-corrected chi connectivity index (χ4v) is 7.08. The summed E-state index contributed by atoms with van der Waals surface area (Å²) in [6, 6.07) is 15.2. The van der Waals surface area contributed by atoms with Crippen LogP contribution >= 0.6 is 23.2 Å². The number of hydrogen-bond donors (Lipinski definition) is 7. The van der Waals surface area contributed by atoms with Crippen molar-refractivity contribution in [3.63, 3.8) is 0 Å². The highest BCUT2D eigenvalue weighted by molar-refractivity contribution is 6.31. The molecule has 0 spiro atoms. The van der Waals surface area contributed by atoms with Crippen molar-refractivity contribution in [3.05, 3.63) is 81.9 Å². The van der Waals surface area contributed by atoms with Crippen molar-refractivity contribution in [2.24, 2.45) is 0 Å². The first-order chi connectivity index (χ1) is 26.8. The van der Waals surface area contributed by atoms with Crippen LogP contribution in [0, 0.1) is 0 Å². The van der Waals surface area contributed by atoms with Crippen LogP contribution in [0.15, 0.2) is 54.9 Å². The zero-order valence-electron chi connectivity index (χ0n) is 32.0. The maximum Gasteiger partial charge on any atom is 0.314 e. The van der Waals surface area contributed by atoms with E-state index in [1.165, 1.54) is 10.9 Å². The molecule has 4 atom stereocenters. The van der Waals surface area contributed by atoms with Crippen molar-refractivity contribution >= 4 is 58.0 Å². The molecule has 0 saturated carbocycles. The molecule has 56 heavy (non-hydrogen) atoms. The van der Waals surface area contributed by atoms with Crippen LogP contribution in [0.5, 0.6) is 0 Å². The second-order valence-electron chi connectivity index (χ2n) is 14.0. The standard InChI is InChI=1S/C38H50Cl2N10O6/c1-6-41-35(53)31-29(51)30(52)37(56-31)50-20-46-28-32(45-19-27(23-9-7-11-25(39)17-23)24-10-8-12-26(40)18-24)47-33(48-34(28)50)36(54)42-13-14-43-38(55)44-15-16-49(21(2)3)22(4)5/h7-12,17-18,20-22,27,29-31,37,51-52H,6,13-16,19H2,1-5H3,(H,41,53)(H,42,54)(H2,43,44,55)(H,45,47,48)/t29-,30+,31-,37+/m0/s1. The van der Waals surface area contributed by atoms with Gasteiger partial charge < -0.3 is 41.5 Å². The molecule has 0 aliphatic carbocycles. The molecule has 1 aliphatic rings. The second kappa shape index (κ2) is 19.5. The minimum atomic E-state index is -1.54. The molecule has 1 aliphatic heterocycles. The van der Waals surface area contributed by atoms with Gasteiger partial charge in [0.2, 0.25) is 5.82 Å². The summed E-state index contributed by atoms with van der Waals surface area (Å²) in [6.45, 7) is 12.0. The lowest BCUT2D eigenvalue weighted by atomic mass is 9.91. The number of nitrogens with zero attached hydrogens (tertiary/aromatic N) is 5. The Balaban J connectivity index is 1.38. The predicted molar refractivity (Wildman–Crippen MR) is 214 cm³/mol. The predicted octanol–water partition coefficient (Wildman–Crippen LogP) is 3.28. The molecule has 0 bridgehead atoms. The van der Waals surface area contributed by atoms with E-state index in [0.717, 1.165) is 11.1 Å². The lowest BCUT2D eigenvalue weighted by Crippen LogP contribution is -2.45. The minimum absolute atomic E-state index is 0.0657. The number of urea groups is 1. The number of imidazole rings is 1. The Hall–Kier alpha value is -4.58. The van der Waals surface area contributed by atoms with Gasteiger partial charge in [-0.1, -0.05) is 47.5 Å². The van der Waals surface area contributed by atoms with Crippen molar-refractivity contribution < 1.29 is 29.3 Å². The Bertz CT molecular complexity index is 1930. The van der Waals surface area contributed by atoms with Gasteiger partial charge in [-0.15, -0.1) is 0 Å². The molecule has 2 aromatic carbocycles. The number of aliphatic hydroxyl groups is 2. The number of halogens is 2. The molecule has 4 aromatic rings. The summed E-state index contributed by atoms with van der Waals surface area (Å²) in [7, 11) is 0. The number of rotatable bonds is 17. The van der Waals surface area contributed by atoms with Crippen molar-refractivity contribution in [2.75, 3.05) is 44.6 Å². The van der Waals surface area contributed by atoms with E-state index in [2.05, 4.69) is 74.1 Å². The monoisotopic (exact) mass is 812 g/mol. The molecule has 302 valence electrons. The molecule has 7 N–H and O–H groups in total. The number of carbonyl (C=O) groups is 3. The van der Waals surface area contributed by atoms with E-state index in [4.69, 9.17) is 27.9 Å². The number of hydrogen-bond acceptors (Lipinski definition) is 11. The van der Waals surface area contributed by atoms with Crippen LogP contribution in [0.25, 0.3) is 11.2 Å². The summed E-state index contributed by atoms with van der Waals surface area (Å²) >= 11 is 12.8. The number of ether oxygens (including phenoxy) is 1. The Morgan fingerprint density at radius 3 is 2.11 bits per heavy atom. The summed E-state index contributed by atoms with van der Waals surface area (Å²) in [6.07, 6.45) is -4.38. The van der Waals surface area contributed by atoms with Gasteiger partial charge >= 0.3 is 6.03 Å². The quantitative estimate of drug-likeness (QED) is 0.0771. The summed E-state index contributed by atoms with van der Waals surface area (Å²) in [5, 5.41) is 37.1. The summed E-state index contributed by atoms with van der Waals surface area (Å²) in [4.78, 5) is 54.5. The molecule has 1 saturated heterocycles. The normalized spacial score (nSPS) is 18.2. The highest BCUT2D eigenvalue weighted by Crippen LogP contribution is 2.34. The Kier molecular flexibility index (Phi) is 14.8. The van der Waals surface area contributed by atoms with Crippen molar-refractivity contribution in [1.82, 2.24) is 45.7 Å². The average molecular weight is 814 g/mol. The van der Waals surface area contributed by atoms with E-state index in [9.17, 15) is 24.6 Å². The van der Waals surface area contributed by atoms with Crippen molar-refractivity contribution in [2.45, 2.75) is 77.2 Å². The van der Waals surface area contributed by atoms with E-state index in [0.29, 0.717) is 41.8 Å². The van der Waals surface area contributed by atoms with Gasteiger partial charge in [-0.3, -0.25) is 19.1 Å². The van der Waals surface area contributed by atoms with Gasteiger partial charge in [0, 0.05) is 67.3 Å². The van der Waals surface area contributed by atoms with E-state index in [-0.39, 0.29) is 54.4 Å². The van der Waals surface area contributed by atoms with Gasteiger partial charge in [0.05, 0.1) is 6.33 Å². The number of nitrogens with one attached hydrogen (secondary N) is 5. The Labute approximate surface area is 335 Å². The van der Waals surface area contributed by atoms with Crippen LogP contribution < -0.4 is 26.6 Å². The fourth-order valence-electron chi connectivity index (χ4n) is 6.69. The van der Waals surface area contributed by atoms with E-state index in [1.54, 1.807) is 19.1 Å². The molecule has 0 radical (unpaired) electrons. The van der Waals surface area contributed by atoms with Crippen LogP contribution in [0.2, 0.25) is 10.0 Å². The number of fused-ring (bicyclic) bond motifs is 1. The summed E-state index contributed by atoms with van der Waals surface area (Å²) < 4.78 is 7.20. The maximum atomic E-state index is 13.6. The van der Waals surface area contributed by atoms with Crippen molar-refractivity contribution in [1.29, 1.82) is 0 Å². The van der Waals surface area contributed by atoms with Crippen LogP contribution in [0.3, 0.4) is 0 Å². The number of aliphatic hydroxyl groups excluding tert-OH is 2. The minimum Gasteiger partial charge on any atom is -0.387 e. The zero-order chi connectivity index (χ0) is 40.5.